The second-order valence-corrected chi connectivity index (χ2v) is 6.08. The number of amides is 1. The average Bonchev–Trinajstić information content (AvgIpc) is 2.63. The lowest BCUT2D eigenvalue weighted by molar-refractivity contribution is -0.114. The van der Waals surface area contributed by atoms with E-state index in [2.05, 4.69) is 54.5 Å². The molecular formula is C21H29N3O. The van der Waals surface area contributed by atoms with Crippen molar-refractivity contribution in [3.05, 3.63) is 53.6 Å². The largest absolute Gasteiger partial charge is 0.376 e. The number of nitrogens with zero attached hydrogens (tertiary/aromatic N) is 1. The highest BCUT2D eigenvalue weighted by Crippen LogP contribution is 2.22. The molecule has 0 fully saturated rings. The lowest BCUT2D eigenvalue weighted by Gasteiger charge is -2.22. The normalized spacial score (nSPS) is 10.4. The summed E-state index contributed by atoms with van der Waals surface area (Å²) in [4.78, 5) is 14.6. The molecule has 0 atom stereocenters. The van der Waals surface area contributed by atoms with Crippen molar-refractivity contribution in [1.29, 1.82) is 0 Å². The molecule has 0 heterocycles. The maximum atomic E-state index is 12.3. The Morgan fingerprint density at radius 1 is 1.00 bits per heavy atom. The third-order valence-electron chi connectivity index (χ3n) is 4.45. The number of carbonyl (C=O) groups is 1. The minimum Gasteiger partial charge on any atom is -0.376 e. The second-order valence-electron chi connectivity index (χ2n) is 6.08. The Bertz CT molecular complexity index is 708. The smallest absolute Gasteiger partial charge is 0.243 e. The molecule has 0 bridgehead atoms. The Labute approximate surface area is 151 Å². The molecule has 25 heavy (non-hydrogen) atoms. The summed E-state index contributed by atoms with van der Waals surface area (Å²) in [5.74, 6) is -0.0374. The van der Waals surface area contributed by atoms with Gasteiger partial charge in [0.25, 0.3) is 0 Å². The first kappa shape index (κ1) is 18.8. The fraction of sp³-hybridized carbons (Fsp3) is 0.381. The summed E-state index contributed by atoms with van der Waals surface area (Å²) in [7, 11) is 0. The minimum absolute atomic E-state index is 0.0374. The second kappa shape index (κ2) is 9.11. The number of benzene rings is 2. The molecule has 0 aliphatic rings. The first-order chi connectivity index (χ1) is 12.1. The molecule has 0 aliphatic heterocycles. The molecule has 0 saturated heterocycles. The van der Waals surface area contributed by atoms with Crippen molar-refractivity contribution in [2.75, 3.05) is 35.2 Å². The summed E-state index contributed by atoms with van der Waals surface area (Å²) in [5, 5.41) is 6.23. The average molecular weight is 339 g/mol. The number of rotatable bonds is 8. The summed E-state index contributed by atoms with van der Waals surface area (Å²) in [6.07, 6.45) is 0.941. The van der Waals surface area contributed by atoms with Gasteiger partial charge in [-0.1, -0.05) is 25.1 Å². The lowest BCUT2D eigenvalue weighted by atomic mass is 10.1. The van der Waals surface area contributed by atoms with E-state index >= 15 is 0 Å². The lowest BCUT2D eigenvalue weighted by Crippen LogP contribution is -2.23. The zero-order valence-corrected chi connectivity index (χ0v) is 15.7. The number of aryl methyl sites for hydroxylation is 2. The molecule has 0 aromatic heterocycles. The molecule has 0 spiro atoms. The van der Waals surface area contributed by atoms with E-state index in [1.54, 1.807) is 0 Å². The molecule has 0 aliphatic carbocycles. The van der Waals surface area contributed by atoms with Crippen LogP contribution in [0.1, 0.15) is 31.9 Å². The van der Waals surface area contributed by atoms with E-state index in [0.717, 1.165) is 36.4 Å². The van der Waals surface area contributed by atoms with E-state index in [-0.39, 0.29) is 12.5 Å². The predicted octanol–water partition coefficient (Wildman–Crippen LogP) is 4.45. The van der Waals surface area contributed by atoms with Gasteiger partial charge in [0.1, 0.15) is 0 Å². The van der Waals surface area contributed by atoms with E-state index in [4.69, 9.17) is 0 Å². The molecule has 4 heteroatoms. The monoisotopic (exact) mass is 339 g/mol. The Balaban J connectivity index is 1.98. The Morgan fingerprint density at radius 3 is 2.36 bits per heavy atom. The molecule has 4 nitrogen and oxygen atoms in total. The van der Waals surface area contributed by atoms with Crippen LogP contribution in [-0.2, 0) is 11.2 Å². The van der Waals surface area contributed by atoms with Crippen LogP contribution in [0, 0.1) is 6.92 Å². The van der Waals surface area contributed by atoms with Gasteiger partial charge in [-0.2, -0.15) is 0 Å². The number of hydrogen-bond donors (Lipinski definition) is 2. The quantitative estimate of drug-likeness (QED) is 0.746. The molecular weight excluding hydrogens is 310 g/mol. The minimum atomic E-state index is -0.0374. The highest BCUT2D eigenvalue weighted by atomic mass is 16.1. The van der Waals surface area contributed by atoms with Crippen molar-refractivity contribution in [2.24, 2.45) is 0 Å². The third kappa shape index (κ3) is 4.99. The van der Waals surface area contributed by atoms with Crippen LogP contribution >= 0.6 is 0 Å². The van der Waals surface area contributed by atoms with Gasteiger partial charge in [-0.05, 0) is 62.6 Å². The van der Waals surface area contributed by atoms with Crippen LogP contribution in [-0.4, -0.2) is 25.5 Å². The number of para-hydroxylation sites is 1. The van der Waals surface area contributed by atoms with Crippen LogP contribution in [0.4, 0.5) is 17.1 Å². The van der Waals surface area contributed by atoms with Gasteiger partial charge < -0.3 is 15.5 Å². The highest BCUT2D eigenvalue weighted by Gasteiger charge is 2.08. The van der Waals surface area contributed by atoms with E-state index < -0.39 is 0 Å². The maximum absolute atomic E-state index is 12.3. The summed E-state index contributed by atoms with van der Waals surface area (Å²) in [6.45, 7) is 10.6. The van der Waals surface area contributed by atoms with Gasteiger partial charge in [-0.3, -0.25) is 4.79 Å². The summed E-state index contributed by atoms with van der Waals surface area (Å²) < 4.78 is 0. The highest BCUT2D eigenvalue weighted by molar-refractivity contribution is 5.94. The maximum Gasteiger partial charge on any atom is 0.243 e. The first-order valence-corrected chi connectivity index (χ1v) is 9.06. The number of carbonyl (C=O) groups excluding carboxylic acids is 1. The molecule has 2 rings (SSSR count). The fourth-order valence-corrected chi connectivity index (χ4v) is 2.94. The summed E-state index contributed by atoms with van der Waals surface area (Å²) in [5.41, 5.74) is 5.37. The van der Waals surface area contributed by atoms with E-state index in [1.165, 1.54) is 11.3 Å². The molecule has 0 radical (unpaired) electrons. The van der Waals surface area contributed by atoms with E-state index in [1.807, 2.05) is 31.2 Å². The van der Waals surface area contributed by atoms with Gasteiger partial charge in [0, 0.05) is 30.2 Å². The standard InChI is InChI=1S/C21H29N3O/c1-5-17-10-8-9-11-20(17)22-15-21(25)23-19-13-12-18(14-16(19)4)24(6-2)7-3/h8-14,22H,5-7,15H2,1-4H3,(H,23,25). The van der Waals surface area contributed by atoms with Gasteiger partial charge in [0.2, 0.25) is 5.91 Å². The topological polar surface area (TPSA) is 44.4 Å². The molecule has 0 unspecified atom stereocenters. The SMILES string of the molecule is CCc1ccccc1NCC(=O)Nc1ccc(N(CC)CC)cc1C. The number of hydrogen-bond acceptors (Lipinski definition) is 3. The third-order valence-corrected chi connectivity index (χ3v) is 4.45. The molecule has 2 aromatic rings. The van der Waals surface area contributed by atoms with Crippen molar-refractivity contribution in [2.45, 2.75) is 34.1 Å². The van der Waals surface area contributed by atoms with E-state index in [0.29, 0.717) is 0 Å². The van der Waals surface area contributed by atoms with Crippen LogP contribution in [0.25, 0.3) is 0 Å². The summed E-state index contributed by atoms with van der Waals surface area (Å²) >= 11 is 0. The Morgan fingerprint density at radius 2 is 1.72 bits per heavy atom. The van der Waals surface area contributed by atoms with Crippen LogP contribution in [0.5, 0.6) is 0 Å². The Hall–Kier alpha value is -2.49. The fourth-order valence-electron chi connectivity index (χ4n) is 2.94. The first-order valence-electron chi connectivity index (χ1n) is 9.06. The van der Waals surface area contributed by atoms with Crippen LogP contribution in [0.3, 0.4) is 0 Å². The van der Waals surface area contributed by atoms with Gasteiger partial charge >= 0.3 is 0 Å². The predicted molar refractivity (Wildman–Crippen MR) is 108 cm³/mol. The van der Waals surface area contributed by atoms with Crippen molar-refractivity contribution < 1.29 is 4.79 Å². The zero-order valence-electron chi connectivity index (χ0n) is 15.7. The zero-order chi connectivity index (χ0) is 18.2. The molecule has 0 saturated carbocycles. The molecule has 1 amide bonds. The van der Waals surface area contributed by atoms with Crippen LogP contribution in [0.2, 0.25) is 0 Å². The number of nitrogens with one attached hydrogen (secondary N) is 2. The summed E-state index contributed by atoms with van der Waals surface area (Å²) in [6, 6.07) is 14.3. The molecule has 2 N–H and O–H groups in total. The van der Waals surface area contributed by atoms with E-state index in [9.17, 15) is 4.79 Å². The molecule has 2 aromatic carbocycles. The van der Waals surface area contributed by atoms with Gasteiger partial charge in [-0.25, -0.2) is 0 Å². The van der Waals surface area contributed by atoms with Gasteiger partial charge in [-0.15, -0.1) is 0 Å². The Kier molecular flexibility index (Phi) is 6.87. The van der Waals surface area contributed by atoms with Crippen molar-refractivity contribution >= 4 is 23.0 Å². The van der Waals surface area contributed by atoms with Crippen LogP contribution in [0.15, 0.2) is 42.5 Å². The number of anilines is 3. The van der Waals surface area contributed by atoms with Gasteiger partial charge in [0.15, 0.2) is 0 Å². The molecule has 134 valence electrons. The van der Waals surface area contributed by atoms with Crippen molar-refractivity contribution in [3.63, 3.8) is 0 Å². The van der Waals surface area contributed by atoms with Gasteiger partial charge in [0.05, 0.1) is 6.54 Å². The van der Waals surface area contributed by atoms with Crippen molar-refractivity contribution in [1.82, 2.24) is 0 Å². The van der Waals surface area contributed by atoms with Crippen LogP contribution < -0.4 is 15.5 Å². The van der Waals surface area contributed by atoms with Crippen molar-refractivity contribution in [3.8, 4) is 0 Å².